The Kier molecular flexibility index (Phi) is 6.11. The molecule has 0 unspecified atom stereocenters. The first-order valence-corrected chi connectivity index (χ1v) is 6.09. The zero-order valence-electron chi connectivity index (χ0n) is 11.3. The Hall–Kier alpha value is -1.79. The minimum atomic E-state index is -0.104. The second kappa shape index (κ2) is 7.60. The number of carbonyl (C=O) groups excluding carboxylic acids is 1. The van der Waals surface area contributed by atoms with Crippen molar-refractivity contribution in [2.45, 2.75) is 6.42 Å². The van der Waals surface area contributed by atoms with Crippen molar-refractivity contribution in [3.63, 3.8) is 0 Å². The number of nitrogens with zero attached hydrogens (tertiary/aromatic N) is 1. The summed E-state index contributed by atoms with van der Waals surface area (Å²) in [6, 6.07) is 5.08. The number of hydrogen-bond acceptors (Lipinski definition) is 5. The Bertz CT molecular complexity index is 424. The van der Waals surface area contributed by atoms with Crippen LogP contribution in [0.1, 0.15) is 6.42 Å². The van der Waals surface area contributed by atoms with Gasteiger partial charge in [0, 0.05) is 31.3 Å². The predicted molar refractivity (Wildman–Crippen MR) is 75.2 cm³/mol. The summed E-state index contributed by atoms with van der Waals surface area (Å²) < 4.78 is 5.15. The maximum absolute atomic E-state index is 11.8. The van der Waals surface area contributed by atoms with Gasteiger partial charge in [-0.2, -0.15) is 0 Å². The van der Waals surface area contributed by atoms with E-state index in [-0.39, 0.29) is 12.5 Å². The van der Waals surface area contributed by atoms with E-state index in [0.29, 0.717) is 36.6 Å². The second-order valence-electron chi connectivity index (χ2n) is 4.28. The van der Waals surface area contributed by atoms with Gasteiger partial charge in [0.15, 0.2) is 0 Å². The number of nitrogens with two attached hydrogens (primary N) is 1. The zero-order chi connectivity index (χ0) is 14.3. The number of nitrogen functional groups attached to an aromatic ring is 1. The van der Waals surface area contributed by atoms with Crippen molar-refractivity contribution in [3.8, 4) is 5.75 Å². The molecule has 1 amide bonds. The summed E-state index contributed by atoms with van der Waals surface area (Å²) in [6.07, 6.45) is 0.351. The lowest BCUT2D eigenvalue weighted by Crippen LogP contribution is -2.26. The number of aliphatic hydroxyl groups excluding tert-OH is 1. The minimum absolute atomic E-state index is 0.0872. The van der Waals surface area contributed by atoms with E-state index < -0.39 is 0 Å². The highest BCUT2D eigenvalue weighted by Crippen LogP contribution is 2.26. The van der Waals surface area contributed by atoms with Crippen molar-refractivity contribution in [2.75, 3.05) is 44.9 Å². The topological polar surface area (TPSA) is 87.8 Å². The summed E-state index contributed by atoms with van der Waals surface area (Å²) in [7, 11) is 3.38. The quantitative estimate of drug-likeness (QED) is 0.627. The number of rotatable bonds is 7. The molecule has 0 saturated heterocycles. The van der Waals surface area contributed by atoms with Crippen LogP contribution in [0.5, 0.6) is 5.75 Å². The van der Waals surface area contributed by atoms with Gasteiger partial charge in [0.2, 0.25) is 5.91 Å². The Labute approximate surface area is 113 Å². The molecular weight excluding hydrogens is 246 g/mol. The van der Waals surface area contributed by atoms with Crippen molar-refractivity contribution < 1.29 is 14.6 Å². The fraction of sp³-hybridized carbons (Fsp3) is 0.462. The molecule has 0 spiro atoms. The molecule has 6 nitrogen and oxygen atoms in total. The maximum Gasteiger partial charge on any atom is 0.225 e. The van der Waals surface area contributed by atoms with Crippen molar-refractivity contribution in [1.29, 1.82) is 0 Å². The third kappa shape index (κ3) is 5.15. The normalized spacial score (nSPS) is 10.5. The molecule has 1 aromatic rings. The third-order valence-corrected chi connectivity index (χ3v) is 2.70. The van der Waals surface area contributed by atoms with Crippen LogP contribution in [0, 0.1) is 0 Å². The molecule has 6 heteroatoms. The van der Waals surface area contributed by atoms with Crippen LogP contribution in [0.4, 0.5) is 11.4 Å². The van der Waals surface area contributed by atoms with Crippen LogP contribution in [-0.4, -0.2) is 49.8 Å². The minimum Gasteiger partial charge on any atom is -0.494 e. The predicted octanol–water partition coefficient (Wildman–Crippen LogP) is 0.530. The van der Waals surface area contributed by atoms with Crippen LogP contribution in [0.3, 0.4) is 0 Å². The number of likely N-dealkylation sites (N-methyl/N-ethyl adjacent to an activating group) is 1. The van der Waals surface area contributed by atoms with Crippen LogP contribution in [-0.2, 0) is 4.79 Å². The summed E-state index contributed by atoms with van der Waals surface area (Å²) in [6.45, 7) is 1.23. The highest BCUT2D eigenvalue weighted by Gasteiger charge is 2.08. The molecule has 19 heavy (non-hydrogen) atoms. The summed E-state index contributed by atoms with van der Waals surface area (Å²) in [4.78, 5) is 13.7. The van der Waals surface area contributed by atoms with Gasteiger partial charge < -0.3 is 25.8 Å². The second-order valence-corrected chi connectivity index (χ2v) is 4.28. The number of benzene rings is 1. The lowest BCUT2D eigenvalue weighted by Gasteiger charge is -2.15. The molecule has 0 atom stereocenters. The number of anilines is 2. The molecule has 1 rings (SSSR count). The molecule has 0 aliphatic heterocycles. The summed E-state index contributed by atoms with van der Waals surface area (Å²) in [5.41, 5.74) is 6.83. The van der Waals surface area contributed by atoms with Crippen LogP contribution in [0.2, 0.25) is 0 Å². The van der Waals surface area contributed by atoms with E-state index in [1.54, 1.807) is 18.2 Å². The molecule has 0 fully saturated rings. The van der Waals surface area contributed by atoms with E-state index in [1.165, 1.54) is 7.11 Å². The van der Waals surface area contributed by atoms with Gasteiger partial charge in [-0.05, 0) is 19.2 Å². The van der Waals surface area contributed by atoms with Gasteiger partial charge in [-0.15, -0.1) is 0 Å². The molecule has 1 aromatic carbocycles. The Morgan fingerprint density at radius 1 is 1.47 bits per heavy atom. The van der Waals surface area contributed by atoms with Crippen molar-refractivity contribution in [2.24, 2.45) is 0 Å². The van der Waals surface area contributed by atoms with E-state index in [4.69, 9.17) is 15.6 Å². The molecule has 0 aliphatic rings. The van der Waals surface area contributed by atoms with Gasteiger partial charge in [0.1, 0.15) is 5.75 Å². The Morgan fingerprint density at radius 3 is 2.84 bits per heavy atom. The van der Waals surface area contributed by atoms with Crippen LogP contribution >= 0.6 is 0 Å². The number of ether oxygens (including phenoxy) is 1. The number of methoxy groups -OCH3 is 1. The fourth-order valence-electron chi connectivity index (χ4n) is 1.60. The van der Waals surface area contributed by atoms with Gasteiger partial charge in [-0.1, -0.05) is 0 Å². The average Bonchev–Trinajstić information content (AvgIpc) is 2.39. The van der Waals surface area contributed by atoms with E-state index in [1.807, 2.05) is 11.9 Å². The maximum atomic E-state index is 11.8. The lowest BCUT2D eigenvalue weighted by atomic mass is 10.2. The first kappa shape index (κ1) is 15.3. The van der Waals surface area contributed by atoms with E-state index in [2.05, 4.69) is 5.32 Å². The first-order chi connectivity index (χ1) is 9.06. The van der Waals surface area contributed by atoms with E-state index in [0.717, 1.165) is 0 Å². The highest BCUT2D eigenvalue weighted by atomic mass is 16.5. The highest BCUT2D eigenvalue weighted by molar-refractivity contribution is 5.92. The van der Waals surface area contributed by atoms with Gasteiger partial charge >= 0.3 is 0 Å². The number of nitrogens with one attached hydrogen (secondary N) is 1. The van der Waals surface area contributed by atoms with Gasteiger partial charge in [-0.25, -0.2) is 0 Å². The SMILES string of the molecule is COc1cc(N)ccc1NC(=O)CCN(C)CCO. The standard InChI is InChI=1S/C13H21N3O3/c1-16(7-8-17)6-5-13(18)15-11-4-3-10(14)9-12(11)19-2/h3-4,9,17H,5-8,14H2,1-2H3,(H,15,18). The molecule has 0 aliphatic carbocycles. The van der Waals surface area contributed by atoms with Gasteiger partial charge in [0.25, 0.3) is 0 Å². The molecule has 0 saturated carbocycles. The van der Waals surface area contributed by atoms with E-state index in [9.17, 15) is 4.79 Å². The van der Waals surface area contributed by atoms with Crippen LogP contribution in [0.15, 0.2) is 18.2 Å². The zero-order valence-corrected chi connectivity index (χ0v) is 11.3. The molecular formula is C13H21N3O3. The number of carbonyl (C=O) groups is 1. The molecule has 0 bridgehead atoms. The average molecular weight is 267 g/mol. The van der Waals surface area contributed by atoms with Crippen molar-refractivity contribution in [3.05, 3.63) is 18.2 Å². The Morgan fingerprint density at radius 2 is 2.21 bits per heavy atom. The summed E-state index contributed by atoms with van der Waals surface area (Å²) in [5.74, 6) is 0.435. The third-order valence-electron chi connectivity index (χ3n) is 2.70. The number of hydrogen-bond donors (Lipinski definition) is 3. The summed E-state index contributed by atoms with van der Waals surface area (Å²) >= 11 is 0. The summed E-state index contributed by atoms with van der Waals surface area (Å²) in [5, 5.41) is 11.5. The molecule has 106 valence electrons. The van der Waals surface area contributed by atoms with Crippen LogP contribution < -0.4 is 15.8 Å². The fourth-order valence-corrected chi connectivity index (χ4v) is 1.60. The Balaban J connectivity index is 2.52. The van der Waals surface area contributed by atoms with Gasteiger partial charge in [0.05, 0.1) is 19.4 Å². The number of aliphatic hydroxyl groups is 1. The first-order valence-electron chi connectivity index (χ1n) is 6.09. The molecule has 0 heterocycles. The largest absolute Gasteiger partial charge is 0.494 e. The molecule has 0 aromatic heterocycles. The monoisotopic (exact) mass is 267 g/mol. The lowest BCUT2D eigenvalue weighted by molar-refractivity contribution is -0.116. The van der Waals surface area contributed by atoms with Crippen molar-refractivity contribution in [1.82, 2.24) is 4.90 Å². The van der Waals surface area contributed by atoms with E-state index >= 15 is 0 Å². The molecule has 4 N–H and O–H groups in total. The van der Waals surface area contributed by atoms with Gasteiger partial charge in [-0.3, -0.25) is 4.79 Å². The molecule has 0 radical (unpaired) electrons. The smallest absolute Gasteiger partial charge is 0.225 e. The van der Waals surface area contributed by atoms with Crippen LogP contribution in [0.25, 0.3) is 0 Å². The number of amides is 1. The van der Waals surface area contributed by atoms with Crippen molar-refractivity contribution >= 4 is 17.3 Å².